The number of piperidine rings is 1. The SMILES string of the molecule is O=C(O)NCC(=O)N1CCC(n2cc(-c3c[nH]c4cc(F)ccc34)cn2)CC1. The summed E-state index contributed by atoms with van der Waals surface area (Å²) in [6, 6.07) is 4.84. The largest absolute Gasteiger partial charge is 0.465 e. The van der Waals surface area contributed by atoms with E-state index >= 15 is 0 Å². The average molecular weight is 385 g/mol. The van der Waals surface area contributed by atoms with Crippen LogP contribution in [0.2, 0.25) is 0 Å². The van der Waals surface area contributed by atoms with Crippen LogP contribution in [0.15, 0.2) is 36.8 Å². The topological polar surface area (TPSA) is 103 Å². The first kappa shape index (κ1) is 18.0. The van der Waals surface area contributed by atoms with Crippen LogP contribution < -0.4 is 5.32 Å². The number of nitrogens with zero attached hydrogens (tertiary/aromatic N) is 3. The van der Waals surface area contributed by atoms with E-state index in [1.165, 1.54) is 12.1 Å². The quantitative estimate of drug-likeness (QED) is 0.642. The zero-order valence-electron chi connectivity index (χ0n) is 15.1. The van der Waals surface area contributed by atoms with Crippen LogP contribution in [-0.4, -0.2) is 56.4 Å². The summed E-state index contributed by atoms with van der Waals surface area (Å²) in [5, 5.41) is 16.1. The van der Waals surface area contributed by atoms with Gasteiger partial charge in [0.15, 0.2) is 0 Å². The number of H-pyrrole nitrogens is 1. The molecule has 1 aromatic carbocycles. The van der Waals surface area contributed by atoms with E-state index in [0.717, 1.165) is 34.9 Å². The minimum Gasteiger partial charge on any atom is -0.465 e. The van der Waals surface area contributed by atoms with Gasteiger partial charge in [-0.2, -0.15) is 5.10 Å². The van der Waals surface area contributed by atoms with Crippen molar-refractivity contribution >= 4 is 22.9 Å². The molecular weight excluding hydrogens is 365 g/mol. The van der Waals surface area contributed by atoms with Crippen LogP contribution in [0.25, 0.3) is 22.0 Å². The van der Waals surface area contributed by atoms with Crippen LogP contribution >= 0.6 is 0 Å². The second kappa shape index (κ2) is 7.34. The molecule has 0 unspecified atom stereocenters. The number of halogens is 1. The monoisotopic (exact) mass is 385 g/mol. The highest BCUT2D eigenvalue weighted by atomic mass is 19.1. The van der Waals surface area contributed by atoms with Crippen molar-refractivity contribution in [3.63, 3.8) is 0 Å². The highest BCUT2D eigenvalue weighted by molar-refractivity contribution is 5.95. The molecule has 0 radical (unpaired) electrons. The second-order valence-electron chi connectivity index (χ2n) is 6.87. The molecule has 3 heterocycles. The molecular formula is C19H20FN5O3. The molecule has 146 valence electrons. The van der Waals surface area contributed by atoms with Crippen molar-refractivity contribution < 1.29 is 19.1 Å². The van der Waals surface area contributed by atoms with Crippen molar-refractivity contribution in [2.24, 2.45) is 0 Å². The lowest BCUT2D eigenvalue weighted by atomic mass is 10.0. The number of amides is 2. The Morgan fingerprint density at radius 2 is 2.11 bits per heavy atom. The number of likely N-dealkylation sites (tertiary alicyclic amines) is 1. The summed E-state index contributed by atoms with van der Waals surface area (Å²) in [6.07, 6.45) is 5.91. The van der Waals surface area contributed by atoms with Crippen LogP contribution in [0, 0.1) is 5.82 Å². The maximum absolute atomic E-state index is 13.4. The van der Waals surface area contributed by atoms with Gasteiger partial charge < -0.3 is 20.3 Å². The number of aromatic nitrogens is 3. The highest BCUT2D eigenvalue weighted by Crippen LogP contribution is 2.30. The van der Waals surface area contributed by atoms with Gasteiger partial charge >= 0.3 is 6.09 Å². The third-order valence-electron chi connectivity index (χ3n) is 5.14. The Bertz CT molecular complexity index is 1020. The lowest BCUT2D eigenvalue weighted by Crippen LogP contribution is -2.44. The number of carboxylic acid groups (broad SMARTS) is 1. The summed E-state index contributed by atoms with van der Waals surface area (Å²) < 4.78 is 15.3. The second-order valence-corrected chi connectivity index (χ2v) is 6.87. The van der Waals surface area contributed by atoms with E-state index in [4.69, 9.17) is 5.11 Å². The van der Waals surface area contributed by atoms with Crippen molar-refractivity contribution in [1.82, 2.24) is 25.0 Å². The number of rotatable bonds is 4. The fourth-order valence-electron chi connectivity index (χ4n) is 3.66. The molecule has 0 bridgehead atoms. The van der Waals surface area contributed by atoms with Crippen molar-refractivity contribution in [2.75, 3.05) is 19.6 Å². The number of carbonyl (C=O) groups is 2. The summed E-state index contributed by atoms with van der Waals surface area (Å²) in [6.45, 7) is 0.922. The number of aromatic amines is 1. The molecule has 1 aliphatic heterocycles. The first-order valence-electron chi connectivity index (χ1n) is 9.07. The van der Waals surface area contributed by atoms with Crippen LogP contribution in [0.5, 0.6) is 0 Å². The number of carbonyl (C=O) groups excluding carboxylic acids is 1. The molecule has 4 rings (SSSR count). The van der Waals surface area contributed by atoms with E-state index in [1.807, 2.05) is 17.1 Å². The molecule has 1 fully saturated rings. The van der Waals surface area contributed by atoms with E-state index in [9.17, 15) is 14.0 Å². The Morgan fingerprint density at radius 3 is 2.86 bits per heavy atom. The summed E-state index contributed by atoms with van der Waals surface area (Å²) >= 11 is 0. The first-order valence-corrected chi connectivity index (χ1v) is 9.07. The van der Waals surface area contributed by atoms with Crippen molar-refractivity contribution in [1.29, 1.82) is 0 Å². The van der Waals surface area contributed by atoms with Gasteiger partial charge in [-0.05, 0) is 31.0 Å². The Labute approximate surface area is 159 Å². The Balaban J connectivity index is 1.42. The van der Waals surface area contributed by atoms with Gasteiger partial charge in [-0.1, -0.05) is 0 Å². The molecule has 0 aliphatic carbocycles. The maximum atomic E-state index is 13.4. The van der Waals surface area contributed by atoms with Crippen LogP contribution in [-0.2, 0) is 4.79 Å². The Hall–Kier alpha value is -3.36. The van der Waals surface area contributed by atoms with Crippen LogP contribution in [0.4, 0.5) is 9.18 Å². The van der Waals surface area contributed by atoms with Crippen LogP contribution in [0.3, 0.4) is 0 Å². The number of nitrogens with one attached hydrogen (secondary N) is 2. The van der Waals surface area contributed by atoms with Crippen molar-refractivity contribution in [3.8, 4) is 11.1 Å². The van der Waals surface area contributed by atoms with Crippen LogP contribution in [0.1, 0.15) is 18.9 Å². The zero-order chi connectivity index (χ0) is 19.7. The standard InChI is InChI=1S/C19H20FN5O3/c20-13-1-2-15-16(9-21-17(15)7-13)12-8-23-25(11-12)14-3-5-24(6-4-14)18(26)10-22-19(27)28/h1-2,7-9,11,14,21-22H,3-6,10H2,(H,27,28). The van der Waals surface area contributed by atoms with Gasteiger partial charge in [-0.3, -0.25) is 9.48 Å². The van der Waals surface area contributed by atoms with Crippen molar-refractivity contribution in [2.45, 2.75) is 18.9 Å². The van der Waals surface area contributed by atoms with Gasteiger partial charge in [0.2, 0.25) is 5.91 Å². The van der Waals surface area contributed by atoms with E-state index in [-0.39, 0.29) is 24.3 Å². The van der Waals surface area contributed by atoms with Gasteiger partial charge in [0.25, 0.3) is 0 Å². The van der Waals surface area contributed by atoms with Gasteiger partial charge in [0, 0.05) is 47.5 Å². The molecule has 3 N–H and O–H groups in total. The normalized spacial score (nSPS) is 15.1. The molecule has 8 nitrogen and oxygen atoms in total. The average Bonchev–Trinajstić information content (AvgIpc) is 3.32. The van der Waals surface area contributed by atoms with Gasteiger partial charge in [0.05, 0.1) is 12.2 Å². The molecule has 1 saturated heterocycles. The predicted molar refractivity (Wildman–Crippen MR) is 100 cm³/mol. The molecule has 0 atom stereocenters. The Morgan fingerprint density at radius 1 is 1.32 bits per heavy atom. The fourth-order valence-corrected chi connectivity index (χ4v) is 3.66. The van der Waals surface area contributed by atoms with Gasteiger partial charge in [-0.25, -0.2) is 9.18 Å². The van der Waals surface area contributed by atoms with Gasteiger partial charge in [-0.15, -0.1) is 0 Å². The minimum atomic E-state index is -1.20. The lowest BCUT2D eigenvalue weighted by molar-refractivity contribution is -0.131. The third-order valence-corrected chi connectivity index (χ3v) is 5.14. The third kappa shape index (κ3) is 3.55. The summed E-state index contributed by atoms with van der Waals surface area (Å²) in [5.41, 5.74) is 2.65. The maximum Gasteiger partial charge on any atom is 0.405 e. The number of fused-ring (bicyclic) bond motifs is 1. The van der Waals surface area contributed by atoms with Gasteiger partial charge in [0.1, 0.15) is 12.4 Å². The molecule has 28 heavy (non-hydrogen) atoms. The summed E-state index contributed by atoms with van der Waals surface area (Å²) in [5.74, 6) is -0.496. The molecule has 1 aliphatic rings. The molecule has 2 aromatic heterocycles. The predicted octanol–water partition coefficient (Wildman–Crippen LogP) is 2.60. The molecule has 0 saturated carbocycles. The number of benzene rings is 1. The molecule has 3 aromatic rings. The fraction of sp³-hybridized carbons (Fsp3) is 0.316. The minimum absolute atomic E-state index is 0.174. The zero-order valence-corrected chi connectivity index (χ0v) is 15.1. The molecule has 0 spiro atoms. The lowest BCUT2D eigenvalue weighted by Gasteiger charge is -2.32. The molecule has 9 heteroatoms. The summed E-state index contributed by atoms with van der Waals surface area (Å²) in [4.78, 5) is 27.3. The molecule has 2 amide bonds. The highest BCUT2D eigenvalue weighted by Gasteiger charge is 2.24. The van der Waals surface area contributed by atoms with E-state index in [1.54, 1.807) is 17.2 Å². The van der Waals surface area contributed by atoms with E-state index in [2.05, 4.69) is 15.4 Å². The smallest absolute Gasteiger partial charge is 0.405 e. The summed E-state index contributed by atoms with van der Waals surface area (Å²) in [7, 11) is 0. The van der Waals surface area contributed by atoms with E-state index < -0.39 is 6.09 Å². The Kier molecular flexibility index (Phi) is 4.72. The number of hydrogen-bond acceptors (Lipinski definition) is 3. The van der Waals surface area contributed by atoms with Crippen molar-refractivity contribution in [3.05, 3.63) is 42.6 Å². The first-order chi connectivity index (χ1) is 13.5. The number of hydrogen-bond donors (Lipinski definition) is 3. The van der Waals surface area contributed by atoms with E-state index in [0.29, 0.717) is 13.1 Å².